The van der Waals surface area contributed by atoms with Gasteiger partial charge in [-0.2, -0.15) is 0 Å². The van der Waals surface area contributed by atoms with E-state index in [2.05, 4.69) is 4.90 Å². The molecule has 1 N–H and O–H groups in total. The van der Waals surface area contributed by atoms with Crippen molar-refractivity contribution < 1.29 is 9.90 Å². The Morgan fingerprint density at radius 1 is 1.67 bits per heavy atom. The van der Waals surface area contributed by atoms with E-state index in [-0.39, 0.29) is 12.5 Å². The maximum atomic E-state index is 11.3. The Hall–Kier alpha value is -0.410. The maximum absolute atomic E-state index is 11.3. The minimum absolute atomic E-state index is 0.177. The molecule has 1 aliphatic rings. The standard InChI is InChI=1S/C9H17NO2/c1-10-5-4-9(12)8(7-10)3-2-6-11/h8,11H,2-7H2,1H3. The van der Waals surface area contributed by atoms with Gasteiger partial charge in [0.2, 0.25) is 0 Å². The fraction of sp³-hybridized carbons (Fsp3) is 0.889. The molecule has 0 aliphatic carbocycles. The van der Waals surface area contributed by atoms with Gasteiger partial charge in [-0.3, -0.25) is 4.79 Å². The van der Waals surface area contributed by atoms with Gasteiger partial charge in [0.05, 0.1) is 0 Å². The van der Waals surface area contributed by atoms with E-state index in [0.29, 0.717) is 12.2 Å². The molecule has 0 aromatic rings. The van der Waals surface area contributed by atoms with Gasteiger partial charge in [0.15, 0.2) is 0 Å². The third-order valence-electron chi connectivity index (χ3n) is 2.44. The smallest absolute Gasteiger partial charge is 0.138 e. The molecule has 1 atom stereocenters. The summed E-state index contributed by atoms with van der Waals surface area (Å²) in [5.41, 5.74) is 0. The molecule has 70 valence electrons. The zero-order valence-corrected chi connectivity index (χ0v) is 7.62. The zero-order valence-electron chi connectivity index (χ0n) is 7.62. The lowest BCUT2D eigenvalue weighted by atomic mass is 9.92. The molecule has 12 heavy (non-hydrogen) atoms. The van der Waals surface area contributed by atoms with E-state index in [1.807, 2.05) is 7.05 Å². The zero-order chi connectivity index (χ0) is 8.97. The van der Waals surface area contributed by atoms with Crippen molar-refractivity contribution in [2.75, 3.05) is 26.7 Å². The first-order chi connectivity index (χ1) is 5.74. The summed E-state index contributed by atoms with van der Waals surface area (Å²) >= 11 is 0. The number of carbonyl (C=O) groups excluding carboxylic acids is 1. The summed E-state index contributed by atoms with van der Waals surface area (Å²) < 4.78 is 0. The van der Waals surface area contributed by atoms with Crippen LogP contribution >= 0.6 is 0 Å². The number of piperidine rings is 1. The van der Waals surface area contributed by atoms with Gasteiger partial charge in [0.25, 0.3) is 0 Å². The fourth-order valence-electron chi connectivity index (χ4n) is 1.66. The van der Waals surface area contributed by atoms with Gasteiger partial charge in [-0.05, 0) is 19.9 Å². The highest BCUT2D eigenvalue weighted by atomic mass is 16.2. The van der Waals surface area contributed by atoms with Crippen molar-refractivity contribution in [3.05, 3.63) is 0 Å². The number of nitrogens with zero attached hydrogens (tertiary/aromatic N) is 1. The van der Waals surface area contributed by atoms with Crippen LogP contribution in [0.25, 0.3) is 0 Å². The Balaban J connectivity index is 2.33. The second-order valence-corrected chi connectivity index (χ2v) is 3.54. The molecule has 1 unspecified atom stereocenters. The number of hydrogen-bond donors (Lipinski definition) is 1. The van der Waals surface area contributed by atoms with Crippen LogP contribution in [0.1, 0.15) is 19.3 Å². The molecule has 0 aromatic heterocycles. The Morgan fingerprint density at radius 2 is 2.42 bits per heavy atom. The van der Waals surface area contributed by atoms with E-state index in [1.165, 1.54) is 0 Å². The molecule has 0 saturated carbocycles. The number of carbonyl (C=O) groups is 1. The monoisotopic (exact) mass is 171 g/mol. The summed E-state index contributed by atoms with van der Waals surface area (Å²) in [6, 6.07) is 0. The first-order valence-corrected chi connectivity index (χ1v) is 4.56. The molecule has 0 amide bonds. The van der Waals surface area contributed by atoms with Crippen LogP contribution in [0.5, 0.6) is 0 Å². The molecule has 1 rings (SSSR count). The lowest BCUT2D eigenvalue weighted by molar-refractivity contribution is -0.126. The predicted octanol–water partition coefficient (Wildman–Crippen LogP) is 0.280. The van der Waals surface area contributed by atoms with Crippen LogP contribution in [0.3, 0.4) is 0 Å². The summed E-state index contributed by atoms with van der Waals surface area (Å²) in [5, 5.41) is 8.62. The lowest BCUT2D eigenvalue weighted by Crippen LogP contribution is -2.38. The quantitative estimate of drug-likeness (QED) is 0.663. The molecule has 0 aromatic carbocycles. The first-order valence-electron chi connectivity index (χ1n) is 4.56. The van der Waals surface area contributed by atoms with Crippen LogP contribution in [-0.4, -0.2) is 42.5 Å². The minimum atomic E-state index is 0.177. The third kappa shape index (κ3) is 2.57. The van der Waals surface area contributed by atoms with Crippen LogP contribution in [0.4, 0.5) is 0 Å². The summed E-state index contributed by atoms with van der Waals surface area (Å²) in [4.78, 5) is 13.5. The Bertz CT molecular complexity index is 159. The number of ketones is 1. The normalized spacial score (nSPS) is 26.2. The number of Topliss-reactive ketones (excluding diaryl/α,β-unsaturated/α-hetero) is 1. The molecule has 0 spiro atoms. The Morgan fingerprint density at radius 3 is 3.08 bits per heavy atom. The molecular weight excluding hydrogens is 154 g/mol. The van der Waals surface area contributed by atoms with Gasteiger partial charge >= 0.3 is 0 Å². The van der Waals surface area contributed by atoms with Crippen LogP contribution < -0.4 is 0 Å². The molecule has 0 radical (unpaired) electrons. The summed E-state index contributed by atoms with van der Waals surface area (Å²) in [6.07, 6.45) is 2.29. The molecule has 0 bridgehead atoms. The second-order valence-electron chi connectivity index (χ2n) is 3.54. The van der Waals surface area contributed by atoms with E-state index in [4.69, 9.17) is 5.11 Å². The molecule has 3 heteroatoms. The van der Waals surface area contributed by atoms with Crippen molar-refractivity contribution in [1.82, 2.24) is 4.90 Å². The highest BCUT2D eigenvalue weighted by Gasteiger charge is 2.24. The number of aliphatic hydroxyl groups excluding tert-OH is 1. The molecule has 1 fully saturated rings. The highest BCUT2D eigenvalue weighted by molar-refractivity contribution is 5.82. The van der Waals surface area contributed by atoms with Crippen LogP contribution in [0.15, 0.2) is 0 Å². The van der Waals surface area contributed by atoms with Gasteiger partial charge < -0.3 is 10.0 Å². The fourth-order valence-corrected chi connectivity index (χ4v) is 1.66. The Labute approximate surface area is 73.4 Å². The van der Waals surface area contributed by atoms with E-state index in [0.717, 1.165) is 25.9 Å². The van der Waals surface area contributed by atoms with E-state index in [1.54, 1.807) is 0 Å². The second kappa shape index (κ2) is 4.58. The highest BCUT2D eigenvalue weighted by Crippen LogP contribution is 2.16. The molecular formula is C9H17NO2. The molecule has 1 saturated heterocycles. The van der Waals surface area contributed by atoms with Crippen LogP contribution in [0.2, 0.25) is 0 Å². The van der Waals surface area contributed by atoms with Crippen molar-refractivity contribution in [3.63, 3.8) is 0 Å². The Kier molecular flexibility index (Phi) is 3.69. The number of aliphatic hydroxyl groups is 1. The van der Waals surface area contributed by atoms with E-state index < -0.39 is 0 Å². The molecule has 1 aliphatic heterocycles. The van der Waals surface area contributed by atoms with Crippen molar-refractivity contribution in [2.24, 2.45) is 5.92 Å². The van der Waals surface area contributed by atoms with Gasteiger partial charge in [-0.1, -0.05) is 0 Å². The largest absolute Gasteiger partial charge is 0.396 e. The summed E-state index contributed by atoms with van der Waals surface area (Å²) in [5.74, 6) is 0.553. The predicted molar refractivity (Wildman–Crippen MR) is 46.9 cm³/mol. The van der Waals surface area contributed by atoms with Gasteiger partial charge in [-0.25, -0.2) is 0 Å². The van der Waals surface area contributed by atoms with Crippen LogP contribution in [-0.2, 0) is 4.79 Å². The van der Waals surface area contributed by atoms with Crippen molar-refractivity contribution in [3.8, 4) is 0 Å². The topological polar surface area (TPSA) is 40.5 Å². The SMILES string of the molecule is CN1CCC(=O)C(CCCO)C1. The molecule has 3 nitrogen and oxygen atoms in total. The van der Waals surface area contributed by atoms with E-state index in [9.17, 15) is 4.79 Å². The van der Waals surface area contributed by atoms with Crippen molar-refractivity contribution in [1.29, 1.82) is 0 Å². The van der Waals surface area contributed by atoms with Crippen molar-refractivity contribution >= 4 is 5.78 Å². The number of hydrogen-bond acceptors (Lipinski definition) is 3. The minimum Gasteiger partial charge on any atom is -0.396 e. The average molecular weight is 171 g/mol. The van der Waals surface area contributed by atoms with Crippen LogP contribution in [0, 0.1) is 5.92 Å². The summed E-state index contributed by atoms with van der Waals surface area (Å²) in [7, 11) is 2.04. The lowest BCUT2D eigenvalue weighted by Gasteiger charge is -2.28. The number of likely N-dealkylation sites (tertiary alicyclic amines) is 1. The van der Waals surface area contributed by atoms with E-state index >= 15 is 0 Å². The maximum Gasteiger partial charge on any atom is 0.138 e. The summed E-state index contributed by atoms with van der Waals surface area (Å²) in [6.45, 7) is 1.97. The number of rotatable bonds is 3. The third-order valence-corrected chi connectivity index (χ3v) is 2.44. The van der Waals surface area contributed by atoms with Gasteiger partial charge in [-0.15, -0.1) is 0 Å². The van der Waals surface area contributed by atoms with Gasteiger partial charge in [0, 0.05) is 32.0 Å². The average Bonchev–Trinajstić information content (AvgIpc) is 2.07. The van der Waals surface area contributed by atoms with Crippen molar-refractivity contribution in [2.45, 2.75) is 19.3 Å². The first kappa shape index (κ1) is 9.68. The molecule has 1 heterocycles. The van der Waals surface area contributed by atoms with Gasteiger partial charge in [0.1, 0.15) is 5.78 Å².